The number of piperazine rings is 1. The van der Waals surface area contributed by atoms with E-state index in [0.717, 1.165) is 45.0 Å². The SMILES string of the molecule is O=C(O)CC1CCN(C(=O)c2ccc(F)cc2)CC1CCN1CCN(c2ccccn2)CC1. The molecule has 0 spiro atoms. The van der Waals surface area contributed by atoms with Gasteiger partial charge in [-0.1, -0.05) is 6.07 Å². The van der Waals surface area contributed by atoms with Crippen LogP contribution in [0.15, 0.2) is 48.7 Å². The summed E-state index contributed by atoms with van der Waals surface area (Å²) in [5, 5.41) is 9.38. The van der Waals surface area contributed by atoms with Gasteiger partial charge < -0.3 is 14.9 Å². The highest BCUT2D eigenvalue weighted by atomic mass is 19.1. The molecule has 3 heterocycles. The number of nitrogens with zero attached hydrogens (tertiary/aromatic N) is 4. The van der Waals surface area contributed by atoms with Gasteiger partial charge in [-0.15, -0.1) is 0 Å². The summed E-state index contributed by atoms with van der Waals surface area (Å²) in [6.07, 6.45) is 3.48. The average molecular weight is 455 g/mol. The topological polar surface area (TPSA) is 77.0 Å². The van der Waals surface area contributed by atoms with E-state index in [4.69, 9.17) is 0 Å². The standard InChI is InChI=1S/C25H31FN4O3/c26-22-6-4-19(5-7-22)25(33)30-12-9-20(17-24(31)32)21(18-30)8-11-28-13-15-29(16-14-28)23-3-1-2-10-27-23/h1-7,10,20-21H,8-9,11-18H2,(H,31,32). The molecule has 1 amide bonds. The first-order chi connectivity index (χ1) is 16.0. The van der Waals surface area contributed by atoms with Crippen molar-refractivity contribution in [1.82, 2.24) is 14.8 Å². The van der Waals surface area contributed by atoms with Crippen LogP contribution in [0.25, 0.3) is 0 Å². The number of benzene rings is 1. The van der Waals surface area contributed by atoms with Crippen LogP contribution in [-0.4, -0.2) is 77.6 Å². The monoisotopic (exact) mass is 454 g/mol. The van der Waals surface area contributed by atoms with Crippen molar-refractivity contribution in [3.8, 4) is 0 Å². The van der Waals surface area contributed by atoms with E-state index in [9.17, 15) is 19.1 Å². The van der Waals surface area contributed by atoms with Crippen LogP contribution in [0, 0.1) is 17.7 Å². The molecule has 0 radical (unpaired) electrons. The minimum Gasteiger partial charge on any atom is -0.481 e. The van der Waals surface area contributed by atoms with Gasteiger partial charge in [-0.3, -0.25) is 14.5 Å². The quantitative estimate of drug-likeness (QED) is 0.693. The summed E-state index contributed by atoms with van der Waals surface area (Å²) in [6.45, 7) is 5.66. The molecule has 2 aliphatic rings. The molecule has 8 heteroatoms. The Hall–Kier alpha value is -3.00. The number of halogens is 1. The smallest absolute Gasteiger partial charge is 0.303 e. The molecular formula is C25H31FN4O3. The Bertz CT molecular complexity index is 932. The van der Waals surface area contributed by atoms with Gasteiger partial charge in [0, 0.05) is 57.4 Å². The minimum atomic E-state index is -0.785. The predicted octanol–water partition coefficient (Wildman–Crippen LogP) is 2.99. The van der Waals surface area contributed by atoms with Crippen molar-refractivity contribution in [2.75, 3.05) is 50.7 Å². The fraction of sp³-hybridized carbons (Fsp3) is 0.480. The number of hydrogen-bond donors (Lipinski definition) is 1. The van der Waals surface area contributed by atoms with E-state index in [1.165, 1.54) is 24.3 Å². The average Bonchev–Trinajstić information content (AvgIpc) is 2.84. The molecule has 0 bridgehead atoms. The molecule has 4 rings (SSSR count). The Balaban J connectivity index is 1.33. The largest absolute Gasteiger partial charge is 0.481 e. The van der Waals surface area contributed by atoms with Crippen molar-refractivity contribution in [1.29, 1.82) is 0 Å². The number of aliphatic carboxylic acids is 1. The third kappa shape index (κ3) is 6.07. The van der Waals surface area contributed by atoms with Gasteiger partial charge in [-0.05, 0) is 67.6 Å². The highest BCUT2D eigenvalue weighted by molar-refractivity contribution is 5.94. The molecule has 2 atom stereocenters. The van der Waals surface area contributed by atoms with Crippen molar-refractivity contribution in [3.63, 3.8) is 0 Å². The van der Waals surface area contributed by atoms with Crippen molar-refractivity contribution >= 4 is 17.7 Å². The van der Waals surface area contributed by atoms with E-state index in [-0.39, 0.29) is 30.0 Å². The molecule has 1 aromatic carbocycles. The van der Waals surface area contributed by atoms with E-state index < -0.39 is 5.97 Å². The van der Waals surface area contributed by atoms with Crippen LogP contribution in [0.3, 0.4) is 0 Å². The molecule has 0 saturated carbocycles. The zero-order chi connectivity index (χ0) is 23.2. The zero-order valence-corrected chi connectivity index (χ0v) is 18.8. The van der Waals surface area contributed by atoms with Gasteiger partial charge in [-0.2, -0.15) is 0 Å². The van der Waals surface area contributed by atoms with Crippen LogP contribution in [0.2, 0.25) is 0 Å². The maximum Gasteiger partial charge on any atom is 0.303 e. The number of carboxylic acids is 1. The number of carbonyl (C=O) groups excluding carboxylic acids is 1. The van der Waals surface area contributed by atoms with Crippen LogP contribution in [0.4, 0.5) is 10.2 Å². The summed E-state index contributed by atoms with van der Waals surface area (Å²) in [5.74, 6) is -0.0682. The maximum atomic E-state index is 13.2. The second kappa shape index (κ2) is 10.7. The maximum absolute atomic E-state index is 13.2. The summed E-state index contributed by atoms with van der Waals surface area (Å²) in [6, 6.07) is 11.6. The molecule has 176 valence electrons. The molecule has 2 fully saturated rings. The molecule has 2 aliphatic heterocycles. The number of hydrogen-bond acceptors (Lipinski definition) is 5. The number of piperidine rings is 1. The third-order valence-electron chi connectivity index (χ3n) is 6.87. The lowest BCUT2D eigenvalue weighted by Crippen LogP contribution is -2.49. The van der Waals surface area contributed by atoms with Crippen molar-refractivity contribution < 1.29 is 19.1 Å². The molecule has 7 nitrogen and oxygen atoms in total. The first-order valence-corrected chi connectivity index (χ1v) is 11.6. The summed E-state index contributed by atoms with van der Waals surface area (Å²) in [4.78, 5) is 35.3. The summed E-state index contributed by atoms with van der Waals surface area (Å²) in [7, 11) is 0. The van der Waals surface area contributed by atoms with Crippen LogP contribution < -0.4 is 4.90 Å². The number of carbonyl (C=O) groups is 2. The van der Waals surface area contributed by atoms with Crippen LogP contribution in [0.5, 0.6) is 0 Å². The number of carboxylic acid groups (broad SMARTS) is 1. The minimum absolute atomic E-state index is 0.0644. The Morgan fingerprint density at radius 1 is 1.00 bits per heavy atom. The Morgan fingerprint density at radius 2 is 1.76 bits per heavy atom. The second-order valence-electron chi connectivity index (χ2n) is 8.97. The van der Waals surface area contributed by atoms with Gasteiger partial charge in [0.25, 0.3) is 5.91 Å². The highest BCUT2D eigenvalue weighted by Crippen LogP contribution is 2.30. The molecular weight excluding hydrogens is 423 g/mol. The number of pyridine rings is 1. The first kappa shape index (κ1) is 23.2. The van der Waals surface area contributed by atoms with Crippen molar-refractivity contribution in [2.45, 2.75) is 19.3 Å². The fourth-order valence-corrected chi connectivity index (χ4v) is 4.95. The molecule has 33 heavy (non-hydrogen) atoms. The van der Waals surface area contributed by atoms with Crippen molar-refractivity contribution in [3.05, 3.63) is 60.0 Å². The zero-order valence-electron chi connectivity index (χ0n) is 18.8. The summed E-state index contributed by atoms with van der Waals surface area (Å²) >= 11 is 0. The molecule has 2 unspecified atom stereocenters. The van der Waals surface area contributed by atoms with Gasteiger partial charge in [0.05, 0.1) is 0 Å². The van der Waals surface area contributed by atoms with Crippen LogP contribution in [0.1, 0.15) is 29.6 Å². The highest BCUT2D eigenvalue weighted by Gasteiger charge is 2.33. The van der Waals surface area contributed by atoms with E-state index in [1.807, 2.05) is 24.4 Å². The van der Waals surface area contributed by atoms with Gasteiger partial charge in [0.15, 0.2) is 0 Å². The summed E-state index contributed by atoms with van der Waals surface area (Å²) in [5.41, 5.74) is 0.470. The lowest BCUT2D eigenvalue weighted by molar-refractivity contribution is -0.139. The molecule has 2 saturated heterocycles. The molecule has 1 aromatic heterocycles. The second-order valence-corrected chi connectivity index (χ2v) is 8.97. The Kier molecular flexibility index (Phi) is 7.54. The van der Waals surface area contributed by atoms with E-state index >= 15 is 0 Å². The van der Waals surface area contributed by atoms with E-state index in [1.54, 1.807) is 4.90 Å². The fourth-order valence-electron chi connectivity index (χ4n) is 4.95. The lowest BCUT2D eigenvalue weighted by Gasteiger charge is -2.40. The number of rotatable bonds is 7. The van der Waals surface area contributed by atoms with E-state index in [2.05, 4.69) is 14.8 Å². The number of amides is 1. The molecule has 0 aliphatic carbocycles. The first-order valence-electron chi connectivity index (χ1n) is 11.6. The van der Waals surface area contributed by atoms with Gasteiger partial charge >= 0.3 is 5.97 Å². The molecule has 2 aromatic rings. The number of likely N-dealkylation sites (tertiary alicyclic amines) is 1. The van der Waals surface area contributed by atoms with Crippen molar-refractivity contribution in [2.24, 2.45) is 11.8 Å². The predicted molar refractivity (Wildman–Crippen MR) is 124 cm³/mol. The number of anilines is 1. The van der Waals surface area contributed by atoms with Gasteiger partial charge in [-0.25, -0.2) is 9.37 Å². The van der Waals surface area contributed by atoms with E-state index in [0.29, 0.717) is 25.1 Å². The van der Waals surface area contributed by atoms with Crippen LogP contribution >= 0.6 is 0 Å². The third-order valence-corrected chi connectivity index (χ3v) is 6.87. The Morgan fingerprint density at radius 3 is 2.42 bits per heavy atom. The summed E-state index contributed by atoms with van der Waals surface area (Å²) < 4.78 is 13.2. The van der Waals surface area contributed by atoms with Crippen LogP contribution in [-0.2, 0) is 4.79 Å². The lowest BCUT2D eigenvalue weighted by atomic mass is 9.81. The van der Waals surface area contributed by atoms with Gasteiger partial charge in [0.2, 0.25) is 0 Å². The number of aromatic nitrogens is 1. The normalized spacial score (nSPS) is 21.7. The molecule has 1 N–H and O–H groups in total. The Labute approximate surface area is 193 Å². The van der Waals surface area contributed by atoms with Gasteiger partial charge in [0.1, 0.15) is 11.6 Å².